The van der Waals surface area contributed by atoms with Crippen molar-refractivity contribution in [2.45, 2.75) is 45.6 Å². The number of aryl methyl sites for hydroxylation is 2. The van der Waals surface area contributed by atoms with E-state index >= 15 is 0 Å². The van der Waals surface area contributed by atoms with Crippen molar-refractivity contribution in [2.24, 2.45) is 18.9 Å². The molecule has 3 nitrogen and oxygen atoms in total. The molecule has 0 amide bonds. The molecule has 0 aliphatic heterocycles. The highest BCUT2D eigenvalue weighted by atomic mass is 16.3. The van der Waals surface area contributed by atoms with E-state index in [0.29, 0.717) is 11.8 Å². The molecule has 0 bridgehead atoms. The molecule has 1 aliphatic carbocycles. The Balaban J connectivity index is 1.87. The predicted molar refractivity (Wildman–Crippen MR) is 73.2 cm³/mol. The molecule has 1 aliphatic rings. The van der Waals surface area contributed by atoms with Crippen LogP contribution in [0.5, 0.6) is 0 Å². The molecule has 1 aromatic heterocycles. The summed E-state index contributed by atoms with van der Waals surface area (Å²) in [6.45, 7) is 4.41. The first kappa shape index (κ1) is 13.3. The number of aliphatic hydroxyl groups is 1. The predicted octanol–water partition coefficient (Wildman–Crippen LogP) is 2.71. The van der Waals surface area contributed by atoms with Gasteiger partial charge in [0, 0.05) is 25.9 Å². The zero-order valence-corrected chi connectivity index (χ0v) is 11.6. The van der Waals surface area contributed by atoms with Gasteiger partial charge in [-0.2, -0.15) is 0 Å². The molecule has 1 heterocycles. The molecule has 1 N–H and O–H groups in total. The van der Waals surface area contributed by atoms with E-state index in [1.807, 2.05) is 24.0 Å². The third-order valence-electron chi connectivity index (χ3n) is 3.96. The summed E-state index contributed by atoms with van der Waals surface area (Å²) in [7, 11) is 2.00. The fourth-order valence-corrected chi connectivity index (χ4v) is 3.04. The lowest BCUT2D eigenvalue weighted by molar-refractivity contribution is 0.0847. The van der Waals surface area contributed by atoms with Gasteiger partial charge in [-0.05, 0) is 38.0 Å². The molecule has 100 valence electrons. The van der Waals surface area contributed by atoms with Crippen LogP contribution in [0.15, 0.2) is 24.0 Å². The normalized spacial score (nSPS) is 25.9. The summed E-state index contributed by atoms with van der Waals surface area (Å²) in [6.07, 6.45) is 9.74. The van der Waals surface area contributed by atoms with E-state index in [1.54, 1.807) is 0 Å². The second-order valence-electron chi connectivity index (χ2n) is 5.75. The van der Waals surface area contributed by atoms with Crippen LogP contribution < -0.4 is 0 Å². The quantitative estimate of drug-likeness (QED) is 0.832. The van der Waals surface area contributed by atoms with Gasteiger partial charge in [-0.3, -0.25) is 0 Å². The molecule has 2 rings (SSSR count). The first-order valence-electron chi connectivity index (χ1n) is 6.88. The van der Waals surface area contributed by atoms with Crippen LogP contribution in [0.1, 0.15) is 38.9 Å². The minimum Gasteiger partial charge on any atom is -0.393 e. The van der Waals surface area contributed by atoms with Gasteiger partial charge in [-0.1, -0.05) is 18.6 Å². The van der Waals surface area contributed by atoms with Gasteiger partial charge in [0.1, 0.15) is 5.82 Å². The van der Waals surface area contributed by atoms with Crippen molar-refractivity contribution >= 4 is 0 Å². The summed E-state index contributed by atoms with van der Waals surface area (Å²) < 4.78 is 2.03. The van der Waals surface area contributed by atoms with Crippen LogP contribution in [0, 0.1) is 11.8 Å². The summed E-state index contributed by atoms with van der Waals surface area (Å²) in [4.78, 5) is 4.30. The van der Waals surface area contributed by atoms with Crippen LogP contribution >= 0.6 is 0 Å². The van der Waals surface area contributed by atoms with E-state index in [0.717, 1.165) is 31.5 Å². The summed E-state index contributed by atoms with van der Waals surface area (Å²) in [5, 5.41) is 10.3. The number of aliphatic hydroxyl groups excluding tert-OH is 1. The average molecular weight is 248 g/mol. The lowest BCUT2D eigenvalue weighted by atomic mass is 9.79. The molecular weight excluding hydrogens is 224 g/mol. The first-order chi connectivity index (χ1) is 8.56. The minimum absolute atomic E-state index is 0.201. The van der Waals surface area contributed by atoms with Gasteiger partial charge in [-0.25, -0.2) is 4.98 Å². The van der Waals surface area contributed by atoms with Crippen molar-refractivity contribution in [1.82, 2.24) is 9.55 Å². The fraction of sp³-hybridized carbons (Fsp3) is 0.667. The zero-order chi connectivity index (χ0) is 13.1. The van der Waals surface area contributed by atoms with Gasteiger partial charge in [0.05, 0.1) is 6.10 Å². The molecule has 0 aromatic carbocycles. The molecule has 0 radical (unpaired) electrons. The van der Waals surface area contributed by atoms with Crippen LogP contribution in [0.2, 0.25) is 0 Å². The average Bonchev–Trinajstić information content (AvgIpc) is 2.70. The maximum atomic E-state index is 10.3. The third-order valence-corrected chi connectivity index (χ3v) is 3.96. The highest BCUT2D eigenvalue weighted by molar-refractivity contribution is 5.07. The standard InChI is InChI=1S/C15H24N2O/c1-11-8-12(2)10-13(9-11)14(18)4-5-15-16-6-7-17(15)3/h6-8,11,13-14,18H,4-5,9-10H2,1-3H3. The number of nitrogens with zero attached hydrogens (tertiary/aromatic N) is 2. The topological polar surface area (TPSA) is 38.1 Å². The molecule has 3 unspecified atom stereocenters. The summed E-state index contributed by atoms with van der Waals surface area (Å²) in [6, 6.07) is 0. The van der Waals surface area contributed by atoms with Crippen LogP contribution in [-0.2, 0) is 13.5 Å². The maximum Gasteiger partial charge on any atom is 0.108 e. The SMILES string of the molecule is CC1=CC(C)CC(C(O)CCc2nccn2C)C1. The Kier molecular flexibility index (Phi) is 4.23. The van der Waals surface area contributed by atoms with Crippen molar-refractivity contribution in [2.75, 3.05) is 0 Å². The minimum atomic E-state index is -0.201. The summed E-state index contributed by atoms with van der Waals surface area (Å²) >= 11 is 0. The van der Waals surface area contributed by atoms with Crippen LogP contribution in [0.4, 0.5) is 0 Å². The van der Waals surface area contributed by atoms with Crippen molar-refractivity contribution < 1.29 is 5.11 Å². The molecule has 1 aromatic rings. The number of allylic oxidation sites excluding steroid dienone is 2. The lowest BCUT2D eigenvalue weighted by Crippen LogP contribution is -2.26. The Morgan fingerprint density at radius 3 is 2.94 bits per heavy atom. The molecule has 3 atom stereocenters. The largest absolute Gasteiger partial charge is 0.393 e. The van der Waals surface area contributed by atoms with Crippen molar-refractivity contribution in [1.29, 1.82) is 0 Å². The Hall–Kier alpha value is -1.09. The molecule has 0 saturated heterocycles. The van der Waals surface area contributed by atoms with Crippen molar-refractivity contribution in [3.05, 3.63) is 29.9 Å². The molecular formula is C15H24N2O. The third kappa shape index (κ3) is 3.22. The van der Waals surface area contributed by atoms with E-state index in [4.69, 9.17) is 0 Å². The van der Waals surface area contributed by atoms with E-state index in [1.165, 1.54) is 5.57 Å². The first-order valence-corrected chi connectivity index (χ1v) is 6.88. The van der Waals surface area contributed by atoms with Gasteiger partial charge < -0.3 is 9.67 Å². The second-order valence-corrected chi connectivity index (χ2v) is 5.75. The Morgan fingerprint density at radius 1 is 1.56 bits per heavy atom. The van der Waals surface area contributed by atoms with E-state index in [2.05, 4.69) is 24.9 Å². The number of hydrogen-bond donors (Lipinski definition) is 1. The number of aromatic nitrogens is 2. The molecule has 0 saturated carbocycles. The van der Waals surface area contributed by atoms with Gasteiger partial charge in [-0.15, -0.1) is 0 Å². The highest BCUT2D eigenvalue weighted by Crippen LogP contribution is 2.31. The number of hydrogen-bond acceptors (Lipinski definition) is 2. The fourth-order valence-electron chi connectivity index (χ4n) is 3.04. The van der Waals surface area contributed by atoms with Gasteiger partial charge in [0.25, 0.3) is 0 Å². The van der Waals surface area contributed by atoms with Crippen molar-refractivity contribution in [3.63, 3.8) is 0 Å². The van der Waals surface area contributed by atoms with E-state index in [9.17, 15) is 5.11 Å². The Bertz CT molecular complexity index is 422. The molecule has 0 spiro atoms. The van der Waals surface area contributed by atoms with Gasteiger partial charge >= 0.3 is 0 Å². The molecule has 18 heavy (non-hydrogen) atoms. The molecule has 3 heteroatoms. The number of imidazole rings is 1. The van der Waals surface area contributed by atoms with Crippen LogP contribution in [0.3, 0.4) is 0 Å². The monoisotopic (exact) mass is 248 g/mol. The Labute approximate surface area is 110 Å². The van der Waals surface area contributed by atoms with E-state index in [-0.39, 0.29) is 6.10 Å². The van der Waals surface area contributed by atoms with Crippen LogP contribution in [0.25, 0.3) is 0 Å². The second kappa shape index (κ2) is 5.70. The Morgan fingerprint density at radius 2 is 2.33 bits per heavy atom. The smallest absolute Gasteiger partial charge is 0.108 e. The highest BCUT2D eigenvalue weighted by Gasteiger charge is 2.24. The molecule has 0 fully saturated rings. The van der Waals surface area contributed by atoms with E-state index < -0.39 is 0 Å². The van der Waals surface area contributed by atoms with Gasteiger partial charge in [0.15, 0.2) is 0 Å². The number of rotatable bonds is 4. The maximum absolute atomic E-state index is 10.3. The van der Waals surface area contributed by atoms with Crippen molar-refractivity contribution in [3.8, 4) is 0 Å². The van der Waals surface area contributed by atoms with Crippen LogP contribution in [-0.4, -0.2) is 20.8 Å². The zero-order valence-electron chi connectivity index (χ0n) is 11.6. The lowest BCUT2D eigenvalue weighted by Gasteiger charge is -2.29. The summed E-state index contributed by atoms with van der Waals surface area (Å²) in [5.74, 6) is 2.09. The summed E-state index contributed by atoms with van der Waals surface area (Å²) in [5.41, 5.74) is 1.43. The van der Waals surface area contributed by atoms with Gasteiger partial charge in [0.2, 0.25) is 0 Å².